The van der Waals surface area contributed by atoms with E-state index in [-0.39, 0.29) is 10.7 Å². The van der Waals surface area contributed by atoms with Crippen molar-refractivity contribution in [2.24, 2.45) is 7.05 Å². The summed E-state index contributed by atoms with van der Waals surface area (Å²) in [7, 11) is -1.95. The Balaban J connectivity index is 1.54. The van der Waals surface area contributed by atoms with Crippen LogP contribution < -0.4 is 10.0 Å². The summed E-state index contributed by atoms with van der Waals surface area (Å²) in [5, 5.41) is 21.4. The molecular formula is C19H17Cl2N5O3S. The molecule has 2 aromatic heterocycles. The number of aliphatic hydroxyl groups is 1. The number of aliphatic hydroxyl groups excluding tert-OH is 1. The molecule has 1 unspecified atom stereocenters. The van der Waals surface area contributed by atoms with Gasteiger partial charge in [0.1, 0.15) is 5.82 Å². The molecule has 0 radical (unpaired) electrons. The van der Waals surface area contributed by atoms with Crippen LogP contribution in [0, 0.1) is 0 Å². The third-order valence-corrected chi connectivity index (χ3v) is 6.84. The highest BCUT2D eigenvalue weighted by Crippen LogP contribution is 2.34. The molecule has 0 aliphatic rings. The smallest absolute Gasteiger partial charge is 0.263 e. The standard InChI is InChI=1S/C19H17Cl2N5O3S/c1-26-15-7-6-14(20)18(21)13(15)10-16(26)19(27)23-11-2-4-12(5-3-11)30(28,29)25-17-8-9-22-24-17/h2-10,19,23,27H,1H3,(H2,22,24,25). The first-order chi connectivity index (χ1) is 14.3. The Hall–Kier alpha value is -2.72. The number of anilines is 2. The van der Waals surface area contributed by atoms with Crippen molar-refractivity contribution in [3.8, 4) is 0 Å². The minimum Gasteiger partial charge on any atom is -0.368 e. The van der Waals surface area contributed by atoms with Crippen LogP contribution in [0.4, 0.5) is 11.5 Å². The van der Waals surface area contributed by atoms with E-state index in [1.807, 2.05) is 17.7 Å². The summed E-state index contributed by atoms with van der Waals surface area (Å²) in [6, 6.07) is 12.8. The first kappa shape index (κ1) is 20.5. The van der Waals surface area contributed by atoms with Crippen molar-refractivity contribution < 1.29 is 13.5 Å². The van der Waals surface area contributed by atoms with Crippen LogP contribution >= 0.6 is 23.2 Å². The zero-order chi connectivity index (χ0) is 21.5. The Kier molecular flexibility index (Phi) is 5.37. The summed E-state index contributed by atoms with van der Waals surface area (Å²) in [5.41, 5.74) is 1.94. The number of rotatable bonds is 6. The van der Waals surface area contributed by atoms with E-state index in [2.05, 4.69) is 20.2 Å². The molecule has 1 atom stereocenters. The molecule has 4 N–H and O–H groups in total. The second-order valence-electron chi connectivity index (χ2n) is 6.57. The number of hydrogen-bond donors (Lipinski definition) is 4. The number of aromatic amines is 1. The van der Waals surface area contributed by atoms with Gasteiger partial charge in [-0.05, 0) is 42.5 Å². The third kappa shape index (κ3) is 3.84. The van der Waals surface area contributed by atoms with Crippen molar-refractivity contribution >= 4 is 55.6 Å². The summed E-state index contributed by atoms with van der Waals surface area (Å²) < 4.78 is 29.0. The molecule has 30 heavy (non-hydrogen) atoms. The fourth-order valence-electron chi connectivity index (χ4n) is 3.11. The fourth-order valence-corrected chi connectivity index (χ4v) is 4.51. The maximum Gasteiger partial charge on any atom is 0.263 e. The number of nitrogens with zero attached hydrogens (tertiary/aromatic N) is 2. The van der Waals surface area contributed by atoms with E-state index in [1.165, 1.54) is 24.4 Å². The van der Waals surface area contributed by atoms with E-state index in [0.717, 1.165) is 10.9 Å². The predicted octanol–water partition coefficient (Wildman–Crippen LogP) is 4.11. The molecule has 2 heterocycles. The van der Waals surface area contributed by atoms with Gasteiger partial charge in [0.15, 0.2) is 6.23 Å². The molecule has 11 heteroatoms. The van der Waals surface area contributed by atoms with Crippen molar-refractivity contribution in [3.05, 3.63) is 70.5 Å². The maximum absolute atomic E-state index is 12.4. The van der Waals surface area contributed by atoms with E-state index in [1.54, 1.807) is 24.3 Å². The number of nitrogens with one attached hydrogen (secondary N) is 3. The molecule has 0 amide bonds. The summed E-state index contributed by atoms with van der Waals surface area (Å²) in [4.78, 5) is 0.0724. The summed E-state index contributed by atoms with van der Waals surface area (Å²) in [6.45, 7) is 0. The molecule has 4 rings (SSSR count). The van der Waals surface area contributed by atoms with Gasteiger partial charge in [0.2, 0.25) is 0 Å². The normalized spacial score (nSPS) is 12.8. The van der Waals surface area contributed by atoms with E-state index in [0.29, 0.717) is 21.4 Å². The second-order valence-corrected chi connectivity index (χ2v) is 9.04. The highest BCUT2D eigenvalue weighted by atomic mass is 35.5. The van der Waals surface area contributed by atoms with Crippen LogP contribution in [0.2, 0.25) is 10.0 Å². The predicted molar refractivity (Wildman–Crippen MR) is 117 cm³/mol. The van der Waals surface area contributed by atoms with Crippen molar-refractivity contribution in [2.75, 3.05) is 10.0 Å². The fraction of sp³-hybridized carbons (Fsp3) is 0.105. The third-order valence-electron chi connectivity index (χ3n) is 4.64. The van der Waals surface area contributed by atoms with Crippen LogP contribution in [-0.2, 0) is 17.1 Å². The number of aryl methyl sites for hydroxylation is 1. The van der Waals surface area contributed by atoms with Crippen LogP contribution in [0.3, 0.4) is 0 Å². The monoisotopic (exact) mass is 465 g/mol. The molecule has 156 valence electrons. The van der Waals surface area contributed by atoms with Gasteiger partial charge in [-0.2, -0.15) is 5.10 Å². The molecule has 0 fully saturated rings. The number of fused-ring (bicyclic) bond motifs is 1. The number of aromatic nitrogens is 3. The molecule has 2 aromatic carbocycles. The highest BCUT2D eigenvalue weighted by Gasteiger charge is 2.18. The summed E-state index contributed by atoms with van der Waals surface area (Å²) >= 11 is 12.3. The molecule has 0 spiro atoms. The van der Waals surface area contributed by atoms with E-state index in [4.69, 9.17) is 23.2 Å². The number of sulfonamides is 1. The first-order valence-corrected chi connectivity index (χ1v) is 11.0. The van der Waals surface area contributed by atoms with E-state index >= 15 is 0 Å². The average Bonchev–Trinajstić information content (AvgIpc) is 3.33. The lowest BCUT2D eigenvalue weighted by Gasteiger charge is -2.16. The highest BCUT2D eigenvalue weighted by molar-refractivity contribution is 7.92. The quantitative estimate of drug-likeness (QED) is 0.320. The number of H-pyrrole nitrogens is 1. The van der Waals surface area contributed by atoms with Gasteiger partial charge in [0.05, 0.1) is 26.8 Å². The van der Waals surface area contributed by atoms with Crippen LogP contribution in [0.15, 0.2) is 59.6 Å². The molecule has 0 aliphatic heterocycles. The first-order valence-electron chi connectivity index (χ1n) is 8.76. The van der Waals surface area contributed by atoms with E-state index < -0.39 is 16.3 Å². The summed E-state index contributed by atoms with van der Waals surface area (Å²) in [6.07, 6.45) is 0.392. The topological polar surface area (TPSA) is 112 Å². The number of hydrogen-bond acceptors (Lipinski definition) is 5. The van der Waals surface area contributed by atoms with Crippen molar-refractivity contribution in [2.45, 2.75) is 11.1 Å². The molecule has 4 aromatic rings. The van der Waals surface area contributed by atoms with Crippen LogP contribution in [-0.4, -0.2) is 28.3 Å². The van der Waals surface area contributed by atoms with Crippen LogP contribution in [0.25, 0.3) is 10.9 Å². The Morgan fingerprint density at radius 3 is 2.53 bits per heavy atom. The largest absolute Gasteiger partial charge is 0.368 e. The lowest BCUT2D eigenvalue weighted by molar-refractivity contribution is 0.200. The minimum absolute atomic E-state index is 0.0724. The number of halogens is 2. The molecule has 0 saturated carbocycles. The minimum atomic E-state index is -3.76. The van der Waals surface area contributed by atoms with Crippen LogP contribution in [0.1, 0.15) is 11.9 Å². The Labute approximate surface area is 182 Å². The van der Waals surface area contributed by atoms with Crippen molar-refractivity contribution in [1.29, 1.82) is 0 Å². The van der Waals surface area contributed by atoms with Crippen molar-refractivity contribution in [3.63, 3.8) is 0 Å². The lowest BCUT2D eigenvalue weighted by Crippen LogP contribution is -2.14. The molecule has 0 saturated heterocycles. The molecule has 0 aliphatic carbocycles. The molecule has 0 bridgehead atoms. The van der Waals surface area contributed by atoms with Gasteiger partial charge in [0, 0.05) is 29.7 Å². The van der Waals surface area contributed by atoms with Gasteiger partial charge in [-0.15, -0.1) is 0 Å². The lowest BCUT2D eigenvalue weighted by atomic mass is 10.2. The Morgan fingerprint density at radius 2 is 1.87 bits per heavy atom. The van der Waals surface area contributed by atoms with Crippen molar-refractivity contribution in [1.82, 2.24) is 14.8 Å². The maximum atomic E-state index is 12.4. The Bertz CT molecular complexity index is 1300. The van der Waals surface area contributed by atoms with Gasteiger partial charge in [-0.25, -0.2) is 8.42 Å². The second kappa shape index (κ2) is 7.84. The zero-order valence-electron chi connectivity index (χ0n) is 15.6. The zero-order valence-corrected chi connectivity index (χ0v) is 17.9. The van der Waals surface area contributed by atoms with Gasteiger partial charge >= 0.3 is 0 Å². The van der Waals surface area contributed by atoms with Gasteiger partial charge in [0.25, 0.3) is 10.0 Å². The van der Waals surface area contributed by atoms with Gasteiger partial charge < -0.3 is 15.0 Å². The Morgan fingerprint density at radius 1 is 1.13 bits per heavy atom. The SMILES string of the molecule is Cn1c(C(O)Nc2ccc(S(=O)(=O)Nc3ccn[nH]3)cc2)cc2c(Cl)c(Cl)ccc21. The van der Waals surface area contributed by atoms with Gasteiger partial charge in [-0.1, -0.05) is 23.2 Å². The van der Waals surface area contributed by atoms with E-state index in [9.17, 15) is 13.5 Å². The molecule has 8 nitrogen and oxygen atoms in total. The number of benzene rings is 2. The van der Waals surface area contributed by atoms with Crippen LogP contribution in [0.5, 0.6) is 0 Å². The summed E-state index contributed by atoms with van der Waals surface area (Å²) in [5.74, 6) is 0.266. The van der Waals surface area contributed by atoms with Gasteiger partial charge in [-0.3, -0.25) is 9.82 Å². The molecular weight excluding hydrogens is 449 g/mol. The average molecular weight is 466 g/mol.